The molecule has 1 aliphatic carbocycles. The van der Waals surface area contributed by atoms with Gasteiger partial charge in [-0.25, -0.2) is 0 Å². The Kier molecular flexibility index (Phi) is 2.76. The molecular formula is C13H20SSi. The average Bonchev–Trinajstić information content (AvgIpc) is 2.94. The van der Waals surface area contributed by atoms with Gasteiger partial charge in [-0.2, -0.15) is 11.8 Å². The lowest BCUT2D eigenvalue weighted by atomic mass is 10.1. The third kappa shape index (κ3) is 1.78. The molecule has 2 atom stereocenters. The van der Waals surface area contributed by atoms with Gasteiger partial charge in [-0.15, -0.1) is 0 Å². The molecule has 0 unspecified atom stereocenters. The summed E-state index contributed by atoms with van der Waals surface area (Å²) < 4.78 is 0.606. The molecule has 0 saturated heterocycles. The second-order valence-electron chi connectivity index (χ2n) is 5.51. The van der Waals surface area contributed by atoms with Crippen LogP contribution in [0.3, 0.4) is 0 Å². The zero-order valence-corrected chi connectivity index (χ0v) is 11.9. The van der Waals surface area contributed by atoms with Crippen molar-refractivity contribution in [3.05, 3.63) is 35.9 Å². The zero-order chi connectivity index (χ0) is 11.1. The van der Waals surface area contributed by atoms with E-state index in [2.05, 4.69) is 68.0 Å². The van der Waals surface area contributed by atoms with Crippen LogP contribution in [0.15, 0.2) is 30.3 Å². The molecule has 0 spiro atoms. The predicted molar refractivity (Wildman–Crippen MR) is 73.4 cm³/mol. The van der Waals surface area contributed by atoms with Crippen LogP contribution in [0, 0.1) is 0 Å². The highest BCUT2D eigenvalue weighted by Gasteiger charge is 2.61. The molecule has 1 aromatic carbocycles. The van der Waals surface area contributed by atoms with E-state index in [0.29, 0.717) is 4.37 Å². The molecule has 0 bridgehead atoms. The number of hydrogen-bond acceptors (Lipinski definition) is 1. The van der Waals surface area contributed by atoms with Gasteiger partial charge in [0.1, 0.15) is 0 Å². The minimum atomic E-state index is -1.06. The van der Waals surface area contributed by atoms with E-state index in [4.69, 9.17) is 0 Å². The molecule has 0 nitrogen and oxygen atoms in total. The monoisotopic (exact) mass is 236 g/mol. The van der Waals surface area contributed by atoms with Gasteiger partial charge in [0.05, 0.1) is 8.07 Å². The Morgan fingerprint density at radius 3 is 2.20 bits per heavy atom. The van der Waals surface area contributed by atoms with Gasteiger partial charge in [0.15, 0.2) is 0 Å². The van der Waals surface area contributed by atoms with E-state index < -0.39 is 8.07 Å². The Bertz CT molecular complexity index is 341. The standard InChI is InChI=1S/C13H20SSi/c1-14-13(15(2,3)4)10-12(13)11-8-6-5-7-9-11/h5-9,12H,10H2,1-4H3/t12-,13+/m1/s1. The second-order valence-corrected chi connectivity index (χ2v) is 12.4. The predicted octanol–water partition coefficient (Wildman–Crippen LogP) is 4.15. The van der Waals surface area contributed by atoms with Crippen molar-refractivity contribution in [3.63, 3.8) is 0 Å². The van der Waals surface area contributed by atoms with Crippen molar-refractivity contribution in [1.82, 2.24) is 0 Å². The first-order valence-corrected chi connectivity index (χ1v) is 10.3. The number of rotatable bonds is 3. The van der Waals surface area contributed by atoms with Gasteiger partial charge in [-0.1, -0.05) is 50.0 Å². The van der Waals surface area contributed by atoms with Crippen molar-refractivity contribution in [2.45, 2.75) is 36.4 Å². The average molecular weight is 236 g/mol. The van der Waals surface area contributed by atoms with Crippen LogP contribution in [0.25, 0.3) is 0 Å². The molecule has 0 aliphatic heterocycles. The molecule has 0 N–H and O–H groups in total. The van der Waals surface area contributed by atoms with Gasteiger partial charge < -0.3 is 0 Å². The van der Waals surface area contributed by atoms with Gasteiger partial charge in [0, 0.05) is 4.37 Å². The zero-order valence-electron chi connectivity index (χ0n) is 10.1. The first-order chi connectivity index (χ1) is 7.01. The van der Waals surface area contributed by atoms with Crippen LogP contribution in [-0.4, -0.2) is 18.7 Å². The van der Waals surface area contributed by atoms with Crippen LogP contribution in [0.1, 0.15) is 17.9 Å². The van der Waals surface area contributed by atoms with E-state index in [1.54, 1.807) is 5.56 Å². The van der Waals surface area contributed by atoms with Gasteiger partial charge in [0.2, 0.25) is 0 Å². The maximum Gasteiger partial charge on any atom is 0.0634 e. The van der Waals surface area contributed by atoms with Crippen molar-refractivity contribution in [3.8, 4) is 0 Å². The fourth-order valence-corrected chi connectivity index (χ4v) is 7.91. The highest BCUT2D eigenvalue weighted by Crippen LogP contribution is 2.63. The maximum absolute atomic E-state index is 2.51. The molecule has 1 fully saturated rings. The largest absolute Gasteiger partial charge is 0.161 e. The van der Waals surface area contributed by atoms with Gasteiger partial charge in [-0.3, -0.25) is 0 Å². The summed E-state index contributed by atoms with van der Waals surface area (Å²) in [5.74, 6) is 0.820. The molecule has 0 amide bonds. The summed E-state index contributed by atoms with van der Waals surface area (Å²) in [6.07, 6.45) is 3.69. The molecule has 1 aromatic rings. The normalized spacial score (nSPS) is 30.3. The van der Waals surface area contributed by atoms with Crippen molar-refractivity contribution < 1.29 is 0 Å². The first-order valence-electron chi connectivity index (χ1n) is 5.61. The SMILES string of the molecule is CS[C@]1([Si](C)(C)C)C[C@@H]1c1ccccc1. The van der Waals surface area contributed by atoms with Crippen molar-refractivity contribution in [2.24, 2.45) is 0 Å². The summed E-state index contributed by atoms with van der Waals surface area (Å²) in [6, 6.07) is 11.0. The summed E-state index contributed by atoms with van der Waals surface area (Å²) in [7, 11) is -1.06. The van der Waals surface area contributed by atoms with Gasteiger partial charge in [0.25, 0.3) is 0 Å². The first kappa shape index (κ1) is 11.3. The summed E-state index contributed by atoms with van der Waals surface area (Å²) in [6.45, 7) is 7.52. The number of hydrogen-bond donors (Lipinski definition) is 0. The minimum Gasteiger partial charge on any atom is -0.161 e. The third-order valence-corrected chi connectivity index (χ3v) is 10.5. The van der Waals surface area contributed by atoms with Crippen molar-refractivity contribution >= 4 is 19.8 Å². The fourth-order valence-electron chi connectivity index (χ4n) is 2.68. The molecule has 1 aliphatic rings. The highest BCUT2D eigenvalue weighted by molar-refractivity contribution is 8.02. The maximum atomic E-state index is 2.51. The Labute approximate surface area is 98.5 Å². The van der Waals surface area contributed by atoms with E-state index >= 15 is 0 Å². The van der Waals surface area contributed by atoms with Crippen LogP contribution >= 0.6 is 11.8 Å². The minimum absolute atomic E-state index is 0.606. The molecule has 2 rings (SSSR count). The van der Waals surface area contributed by atoms with Crippen molar-refractivity contribution in [2.75, 3.05) is 6.26 Å². The smallest absolute Gasteiger partial charge is 0.0634 e. The Hall–Kier alpha value is -0.213. The van der Waals surface area contributed by atoms with Crippen LogP contribution in [0.5, 0.6) is 0 Å². The second kappa shape index (κ2) is 3.67. The molecule has 1 saturated carbocycles. The molecule has 0 aromatic heterocycles. The lowest BCUT2D eigenvalue weighted by molar-refractivity contribution is 1.08. The Morgan fingerprint density at radius 1 is 1.20 bits per heavy atom. The summed E-state index contributed by atoms with van der Waals surface area (Å²) in [5.41, 5.74) is 1.55. The lowest BCUT2D eigenvalue weighted by Gasteiger charge is -2.29. The van der Waals surface area contributed by atoms with Gasteiger partial charge >= 0.3 is 0 Å². The van der Waals surface area contributed by atoms with E-state index in [-0.39, 0.29) is 0 Å². The van der Waals surface area contributed by atoms with Crippen LogP contribution in [0.4, 0.5) is 0 Å². The van der Waals surface area contributed by atoms with Crippen LogP contribution in [0.2, 0.25) is 19.6 Å². The number of thioether (sulfide) groups is 1. The molecule has 2 heteroatoms. The van der Waals surface area contributed by atoms with E-state index in [1.807, 2.05) is 0 Å². The van der Waals surface area contributed by atoms with Crippen molar-refractivity contribution in [1.29, 1.82) is 0 Å². The quantitative estimate of drug-likeness (QED) is 0.710. The Balaban J connectivity index is 2.24. The van der Waals surface area contributed by atoms with E-state index in [1.165, 1.54) is 6.42 Å². The van der Waals surface area contributed by atoms with Gasteiger partial charge in [-0.05, 0) is 24.2 Å². The molecule has 15 heavy (non-hydrogen) atoms. The summed E-state index contributed by atoms with van der Waals surface area (Å²) in [5, 5.41) is 0. The van der Waals surface area contributed by atoms with Crippen LogP contribution in [-0.2, 0) is 0 Å². The fraction of sp³-hybridized carbons (Fsp3) is 0.538. The highest BCUT2D eigenvalue weighted by atomic mass is 32.2. The van der Waals surface area contributed by atoms with E-state index in [9.17, 15) is 0 Å². The molecule has 82 valence electrons. The lowest BCUT2D eigenvalue weighted by Crippen LogP contribution is -2.39. The van der Waals surface area contributed by atoms with E-state index in [0.717, 1.165) is 5.92 Å². The topological polar surface area (TPSA) is 0 Å². The summed E-state index contributed by atoms with van der Waals surface area (Å²) >= 11 is 2.11. The molecular weight excluding hydrogens is 216 g/mol. The molecule has 0 heterocycles. The summed E-state index contributed by atoms with van der Waals surface area (Å²) in [4.78, 5) is 0. The van der Waals surface area contributed by atoms with Crippen LogP contribution < -0.4 is 0 Å². The molecule has 0 radical (unpaired) electrons. The number of benzene rings is 1. The Morgan fingerprint density at radius 2 is 1.80 bits per heavy atom. The third-order valence-electron chi connectivity index (χ3n) is 3.75.